The lowest BCUT2D eigenvalue weighted by molar-refractivity contribution is 0.0697. The van der Waals surface area contributed by atoms with Gasteiger partial charge in [-0.1, -0.05) is 13.3 Å². The highest BCUT2D eigenvalue weighted by Gasteiger charge is 2.27. The number of hydrogen-bond acceptors (Lipinski definition) is 4. The SMILES string of the molecule is COCc1nc(C2CCC(C)C2)sc1C(=O)O. The molecule has 17 heavy (non-hydrogen) atoms. The molecule has 2 atom stereocenters. The van der Waals surface area contributed by atoms with Crippen LogP contribution in [0.1, 0.15) is 52.5 Å². The molecular weight excluding hydrogens is 238 g/mol. The molecule has 0 bridgehead atoms. The summed E-state index contributed by atoms with van der Waals surface area (Å²) in [6.45, 7) is 2.52. The molecule has 0 aromatic carbocycles. The van der Waals surface area contributed by atoms with Gasteiger partial charge in [-0.25, -0.2) is 9.78 Å². The van der Waals surface area contributed by atoms with Gasteiger partial charge in [-0.2, -0.15) is 0 Å². The summed E-state index contributed by atoms with van der Waals surface area (Å²) in [7, 11) is 1.56. The van der Waals surface area contributed by atoms with Gasteiger partial charge in [-0.15, -0.1) is 11.3 Å². The Morgan fingerprint density at radius 2 is 2.35 bits per heavy atom. The molecule has 1 aliphatic rings. The quantitative estimate of drug-likeness (QED) is 0.898. The molecule has 0 radical (unpaired) electrons. The first-order valence-corrected chi connectivity index (χ1v) is 6.65. The fourth-order valence-corrected chi connectivity index (χ4v) is 3.43. The van der Waals surface area contributed by atoms with E-state index in [2.05, 4.69) is 11.9 Å². The van der Waals surface area contributed by atoms with Gasteiger partial charge in [0.05, 0.1) is 17.3 Å². The number of ether oxygens (including phenoxy) is 1. The van der Waals surface area contributed by atoms with Crippen LogP contribution in [-0.2, 0) is 11.3 Å². The number of rotatable bonds is 4. The molecule has 1 heterocycles. The number of methoxy groups -OCH3 is 1. The van der Waals surface area contributed by atoms with Crippen LogP contribution in [0.4, 0.5) is 0 Å². The zero-order valence-electron chi connectivity index (χ0n) is 10.1. The van der Waals surface area contributed by atoms with Crippen LogP contribution in [0, 0.1) is 5.92 Å². The van der Waals surface area contributed by atoms with Gasteiger partial charge < -0.3 is 9.84 Å². The fourth-order valence-electron chi connectivity index (χ4n) is 2.38. The van der Waals surface area contributed by atoms with E-state index in [4.69, 9.17) is 9.84 Å². The average Bonchev–Trinajstić information content (AvgIpc) is 2.85. The second-order valence-electron chi connectivity index (χ2n) is 4.68. The van der Waals surface area contributed by atoms with Crippen molar-refractivity contribution in [3.8, 4) is 0 Å². The summed E-state index contributed by atoms with van der Waals surface area (Å²) in [4.78, 5) is 15.9. The minimum atomic E-state index is -0.896. The first-order valence-electron chi connectivity index (χ1n) is 5.83. The molecule has 0 aliphatic heterocycles. The molecule has 94 valence electrons. The van der Waals surface area contributed by atoms with Crippen molar-refractivity contribution in [3.05, 3.63) is 15.6 Å². The van der Waals surface area contributed by atoms with Crippen molar-refractivity contribution >= 4 is 17.3 Å². The van der Waals surface area contributed by atoms with Crippen LogP contribution in [0.3, 0.4) is 0 Å². The molecule has 4 nitrogen and oxygen atoms in total. The van der Waals surface area contributed by atoms with Crippen LogP contribution < -0.4 is 0 Å². The third kappa shape index (κ3) is 2.66. The van der Waals surface area contributed by atoms with Crippen LogP contribution in [-0.4, -0.2) is 23.2 Å². The molecule has 1 saturated carbocycles. The lowest BCUT2D eigenvalue weighted by atomic mass is 10.1. The number of aromatic nitrogens is 1. The number of carboxylic acid groups (broad SMARTS) is 1. The fraction of sp³-hybridized carbons (Fsp3) is 0.667. The van der Waals surface area contributed by atoms with Gasteiger partial charge in [-0.05, 0) is 18.8 Å². The summed E-state index contributed by atoms with van der Waals surface area (Å²) < 4.78 is 5.00. The standard InChI is InChI=1S/C12H17NO3S/c1-7-3-4-8(5-7)11-13-9(6-16-2)10(17-11)12(14)15/h7-8H,3-6H2,1-2H3,(H,14,15). The van der Waals surface area contributed by atoms with E-state index < -0.39 is 5.97 Å². The molecule has 1 N–H and O–H groups in total. The van der Waals surface area contributed by atoms with Gasteiger partial charge in [0.2, 0.25) is 0 Å². The van der Waals surface area contributed by atoms with Crippen LogP contribution in [0.2, 0.25) is 0 Å². The summed E-state index contributed by atoms with van der Waals surface area (Å²) in [5.41, 5.74) is 0.569. The maximum atomic E-state index is 11.1. The lowest BCUT2D eigenvalue weighted by Gasteiger charge is -2.03. The Bertz CT molecular complexity index is 416. The van der Waals surface area contributed by atoms with Crippen molar-refractivity contribution in [1.82, 2.24) is 4.98 Å². The van der Waals surface area contributed by atoms with Crippen molar-refractivity contribution in [2.75, 3.05) is 7.11 Å². The topological polar surface area (TPSA) is 59.4 Å². The molecule has 1 aromatic heterocycles. The van der Waals surface area contributed by atoms with Gasteiger partial charge in [0, 0.05) is 13.0 Å². The highest BCUT2D eigenvalue weighted by molar-refractivity contribution is 7.13. The van der Waals surface area contributed by atoms with E-state index >= 15 is 0 Å². The predicted molar refractivity (Wildman–Crippen MR) is 65.5 cm³/mol. The molecular formula is C12H17NO3S. The van der Waals surface area contributed by atoms with Crippen LogP contribution in [0.15, 0.2) is 0 Å². The Morgan fingerprint density at radius 1 is 1.59 bits per heavy atom. The number of carbonyl (C=O) groups is 1. The molecule has 0 amide bonds. The maximum absolute atomic E-state index is 11.1. The summed E-state index contributed by atoms with van der Waals surface area (Å²) in [5, 5.41) is 10.1. The van der Waals surface area contributed by atoms with Gasteiger partial charge >= 0.3 is 5.97 Å². The Hall–Kier alpha value is -0.940. The van der Waals surface area contributed by atoms with Crippen LogP contribution >= 0.6 is 11.3 Å². The maximum Gasteiger partial charge on any atom is 0.347 e. The monoisotopic (exact) mass is 255 g/mol. The second kappa shape index (κ2) is 5.14. The summed E-state index contributed by atoms with van der Waals surface area (Å²) in [6.07, 6.45) is 3.46. The zero-order chi connectivity index (χ0) is 12.4. The van der Waals surface area contributed by atoms with E-state index in [1.807, 2.05) is 0 Å². The highest BCUT2D eigenvalue weighted by atomic mass is 32.1. The lowest BCUT2D eigenvalue weighted by Crippen LogP contribution is -2.00. The Balaban J connectivity index is 2.23. The summed E-state index contributed by atoms with van der Waals surface area (Å²) in [5.74, 6) is 0.272. The normalized spacial score (nSPS) is 24.1. The van der Waals surface area contributed by atoms with E-state index in [0.717, 1.165) is 23.8 Å². The minimum absolute atomic E-state index is 0.278. The average molecular weight is 255 g/mol. The van der Waals surface area contributed by atoms with Crippen LogP contribution in [0.25, 0.3) is 0 Å². The Morgan fingerprint density at radius 3 is 2.88 bits per heavy atom. The third-order valence-electron chi connectivity index (χ3n) is 3.23. The zero-order valence-corrected chi connectivity index (χ0v) is 10.9. The number of carboxylic acids is 1. The van der Waals surface area contributed by atoms with Crippen LogP contribution in [0.5, 0.6) is 0 Å². The van der Waals surface area contributed by atoms with Gasteiger partial charge in [-0.3, -0.25) is 0 Å². The number of hydrogen-bond donors (Lipinski definition) is 1. The molecule has 1 fully saturated rings. The molecule has 5 heteroatoms. The van der Waals surface area contributed by atoms with E-state index in [9.17, 15) is 4.79 Å². The number of nitrogens with zero attached hydrogens (tertiary/aromatic N) is 1. The highest BCUT2D eigenvalue weighted by Crippen LogP contribution is 2.40. The largest absolute Gasteiger partial charge is 0.477 e. The van der Waals surface area contributed by atoms with E-state index in [0.29, 0.717) is 16.5 Å². The molecule has 1 aromatic rings. The number of thiazole rings is 1. The van der Waals surface area contributed by atoms with Gasteiger partial charge in [0.1, 0.15) is 4.88 Å². The first-order chi connectivity index (χ1) is 8.11. The van der Waals surface area contributed by atoms with Gasteiger partial charge in [0.15, 0.2) is 0 Å². The van der Waals surface area contributed by atoms with Crippen molar-refractivity contribution in [2.45, 2.75) is 38.7 Å². The van der Waals surface area contributed by atoms with E-state index in [1.165, 1.54) is 17.8 Å². The number of aromatic carboxylic acids is 1. The first kappa shape index (κ1) is 12.5. The van der Waals surface area contributed by atoms with Crippen molar-refractivity contribution in [1.29, 1.82) is 0 Å². The van der Waals surface area contributed by atoms with Crippen molar-refractivity contribution in [2.24, 2.45) is 5.92 Å². The van der Waals surface area contributed by atoms with Crippen molar-refractivity contribution < 1.29 is 14.6 Å². The summed E-state index contributed by atoms with van der Waals surface area (Å²) >= 11 is 1.32. The summed E-state index contributed by atoms with van der Waals surface area (Å²) in [6, 6.07) is 0. The molecule has 0 spiro atoms. The predicted octanol–water partition coefficient (Wildman–Crippen LogP) is 2.89. The van der Waals surface area contributed by atoms with Gasteiger partial charge in [0.25, 0.3) is 0 Å². The van der Waals surface area contributed by atoms with Crippen molar-refractivity contribution in [3.63, 3.8) is 0 Å². The molecule has 0 saturated heterocycles. The third-order valence-corrected chi connectivity index (χ3v) is 4.48. The smallest absolute Gasteiger partial charge is 0.347 e. The van der Waals surface area contributed by atoms with E-state index in [1.54, 1.807) is 7.11 Å². The Labute approximate surface area is 105 Å². The van der Waals surface area contributed by atoms with E-state index in [-0.39, 0.29) is 6.61 Å². The molecule has 2 unspecified atom stereocenters. The minimum Gasteiger partial charge on any atom is -0.477 e. The Kier molecular flexibility index (Phi) is 3.79. The molecule has 1 aliphatic carbocycles. The second-order valence-corrected chi connectivity index (χ2v) is 5.71. The molecule has 2 rings (SSSR count).